The summed E-state index contributed by atoms with van der Waals surface area (Å²) in [5.74, 6) is -1.22. The number of rotatable bonds is 4. The molecule has 1 heterocycles. The maximum atomic E-state index is 12.7. The van der Waals surface area contributed by atoms with Crippen molar-refractivity contribution in [1.82, 2.24) is 10.3 Å². The Kier molecular flexibility index (Phi) is 5.19. The highest BCUT2D eigenvalue weighted by Gasteiger charge is 2.31. The molecule has 0 radical (unpaired) electrons. The molecule has 134 valence electrons. The molecule has 0 fully saturated rings. The molecule has 1 amide bonds. The van der Waals surface area contributed by atoms with Gasteiger partial charge < -0.3 is 10.6 Å². The van der Waals surface area contributed by atoms with Crippen LogP contribution in [0.1, 0.15) is 15.9 Å². The summed E-state index contributed by atoms with van der Waals surface area (Å²) in [6.07, 6.45) is -7.91. The zero-order valence-corrected chi connectivity index (χ0v) is 12.4. The van der Waals surface area contributed by atoms with E-state index < -0.39 is 30.4 Å². The largest absolute Gasteiger partial charge is 0.416 e. The Morgan fingerprint density at radius 2 is 1.76 bits per heavy atom. The fourth-order valence-electron chi connectivity index (χ4n) is 1.87. The molecule has 1 aromatic heterocycles. The van der Waals surface area contributed by atoms with Crippen LogP contribution in [0.25, 0.3) is 0 Å². The second kappa shape index (κ2) is 6.99. The van der Waals surface area contributed by atoms with Crippen molar-refractivity contribution in [2.24, 2.45) is 0 Å². The van der Waals surface area contributed by atoms with Crippen molar-refractivity contribution in [3.63, 3.8) is 0 Å². The Morgan fingerprint density at radius 3 is 2.40 bits per heavy atom. The molecule has 0 aliphatic carbocycles. The normalized spacial score (nSPS) is 11.9. The van der Waals surface area contributed by atoms with Crippen LogP contribution in [0.2, 0.25) is 0 Å². The molecule has 2 rings (SSSR count). The lowest BCUT2D eigenvalue weighted by Gasteiger charge is -2.13. The van der Waals surface area contributed by atoms with Gasteiger partial charge in [-0.1, -0.05) is 6.07 Å². The number of hydrogen-bond donors (Lipinski definition) is 2. The fourth-order valence-corrected chi connectivity index (χ4v) is 1.87. The van der Waals surface area contributed by atoms with Crippen LogP contribution in [-0.2, 0) is 6.18 Å². The molecule has 0 saturated heterocycles. The SMILES string of the molecule is O=C(NCC(F)(F)F)c1cccnc1Nc1cccc(C(F)(F)F)c1. The number of nitrogens with zero attached hydrogens (tertiary/aromatic N) is 1. The predicted molar refractivity (Wildman–Crippen MR) is 77.4 cm³/mol. The van der Waals surface area contributed by atoms with Gasteiger partial charge in [0.1, 0.15) is 12.4 Å². The molecule has 2 aromatic rings. The van der Waals surface area contributed by atoms with Crippen molar-refractivity contribution >= 4 is 17.4 Å². The molecule has 0 spiro atoms. The van der Waals surface area contributed by atoms with Gasteiger partial charge in [-0.3, -0.25) is 4.79 Å². The van der Waals surface area contributed by atoms with Gasteiger partial charge in [-0.15, -0.1) is 0 Å². The minimum absolute atomic E-state index is 0.0154. The van der Waals surface area contributed by atoms with E-state index >= 15 is 0 Å². The first-order valence-corrected chi connectivity index (χ1v) is 6.80. The third-order valence-electron chi connectivity index (χ3n) is 2.95. The van der Waals surface area contributed by atoms with Crippen LogP contribution < -0.4 is 10.6 Å². The van der Waals surface area contributed by atoms with Gasteiger partial charge >= 0.3 is 12.4 Å². The van der Waals surface area contributed by atoms with Crippen LogP contribution in [0.5, 0.6) is 0 Å². The topological polar surface area (TPSA) is 54.0 Å². The number of hydrogen-bond acceptors (Lipinski definition) is 3. The summed E-state index contributed by atoms with van der Waals surface area (Å²) in [5, 5.41) is 4.19. The molecule has 0 unspecified atom stereocenters. The Morgan fingerprint density at radius 1 is 1.04 bits per heavy atom. The lowest BCUT2D eigenvalue weighted by Crippen LogP contribution is -2.34. The van der Waals surface area contributed by atoms with Crippen molar-refractivity contribution < 1.29 is 31.1 Å². The van der Waals surface area contributed by atoms with Crippen molar-refractivity contribution in [1.29, 1.82) is 0 Å². The van der Waals surface area contributed by atoms with Crippen LogP contribution >= 0.6 is 0 Å². The summed E-state index contributed by atoms with van der Waals surface area (Å²) >= 11 is 0. The summed E-state index contributed by atoms with van der Waals surface area (Å²) in [6, 6.07) is 6.64. The number of benzene rings is 1. The molecule has 0 atom stereocenters. The second-order valence-corrected chi connectivity index (χ2v) is 4.90. The van der Waals surface area contributed by atoms with Gasteiger partial charge in [-0.2, -0.15) is 26.3 Å². The summed E-state index contributed by atoms with van der Waals surface area (Å²) in [6.45, 7) is -1.54. The zero-order chi connectivity index (χ0) is 18.7. The molecule has 0 saturated carbocycles. The molecular formula is C15H11F6N3O. The van der Waals surface area contributed by atoms with E-state index in [2.05, 4.69) is 10.3 Å². The highest BCUT2D eigenvalue weighted by Crippen LogP contribution is 2.31. The van der Waals surface area contributed by atoms with Crippen LogP contribution in [0.3, 0.4) is 0 Å². The molecule has 10 heteroatoms. The number of alkyl halides is 6. The minimum Gasteiger partial charge on any atom is -0.343 e. The van der Waals surface area contributed by atoms with E-state index in [1.165, 1.54) is 24.4 Å². The molecule has 0 aliphatic heterocycles. The van der Waals surface area contributed by atoms with Crippen molar-refractivity contribution in [3.05, 3.63) is 53.7 Å². The van der Waals surface area contributed by atoms with Crippen LogP contribution in [0.4, 0.5) is 37.8 Å². The van der Waals surface area contributed by atoms with Gasteiger partial charge in [0, 0.05) is 11.9 Å². The number of carbonyl (C=O) groups excluding carboxylic acids is 1. The van der Waals surface area contributed by atoms with Gasteiger partial charge in [-0.05, 0) is 30.3 Å². The number of halogens is 6. The van der Waals surface area contributed by atoms with E-state index in [9.17, 15) is 31.1 Å². The number of aromatic nitrogens is 1. The lowest BCUT2D eigenvalue weighted by molar-refractivity contribution is -0.137. The summed E-state index contributed by atoms with van der Waals surface area (Å²) in [4.78, 5) is 15.7. The van der Waals surface area contributed by atoms with Crippen LogP contribution in [0.15, 0.2) is 42.6 Å². The highest BCUT2D eigenvalue weighted by molar-refractivity contribution is 5.99. The average Bonchev–Trinajstić information content (AvgIpc) is 2.52. The van der Waals surface area contributed by atoms with Gasteiger partial charge in [-0.25, -0.2) is 4.98 Å². The van der Waals surface area contributed by atoms with E-state index in [1.807, 2.05) is 0 Å². The van der Waals surface area contributed by atoms with Gasteiger partial charge in [0.25, 0.3) is 5.91 Å². The summed E-state index contributed by atoms with van der Waals surface area (Å²) in [5.41, 5.74) is -1.17. The Balaban J connectivity index is 2.23. The number of amides is 1. The van der Waals surface area contributed by atoms with Crippen LogP contribution in [-0.4, -0.2) is 23.6 Å². The van der Waals surface area contributed by atoms with Gasteiger partial charge in [0.15, 0.2) is 0 Å². The first-order valence-electron chi connectivity index (χ1n) is 6.80. The van der Waals surface area contributed by atoms with E-state index in [0.717, 1.165) is 18.2 Å². The highest BCUT2D eigenvalue weighted by atomic mass is 19.4. The minimum atomic E-state index is -4.59. The van der Waals surface area contributed by atoms with E-state index in [4.69, 9.17) is 0 Å². The fraction of sp³-hybridized carbons (Fsp3) is 0.200. The quantitative estimate of drug-likeness (QED) is 0.803. The standard InChI is InChI=1S/C15H11F6N3O/c16-14(17,18)8-23-13(25)11-5-2-6-22-12(11)24-10-4-1-3-9(7-10)15(19,20)21/h1-7H,8H2,(H,22,24)(H,23,25). The van der Waals surface area contributed by atoms with Gasteiger partial charge in [0.05, 0.1) is 11.1 Å². The molecule has 0 bridgehead atoms. The molecule has 4 nitrogen and oxygen atoms in total. The van der Waals surface area contributed by atoms with Gasteiger partial charge in [0.2, 0.25) is 0 Å². The lowest BCUT2D eigenvalue weighted by atomic mass is 10.2. The first-order chi connectivity index (χ1) is 11.6. The average molecular weight is 363 g/mol. The molecular weight excluding hydrogens is 352 g/mol. The third-order valence-corrected chi connectivity index (χ3v) is 2.95. The maximum absolute atomic E-state index is 12.7. The van der Waals surface area contributed by atoms with Crippen molar-refractivity contribution in [3.8, 4) is 0 Å². The number of carbonyl (C=O) groups is 1. The number of pyridine rings is 1. The molecule has 2 N–H and O–H groups in total. The smallest absolute Gasteiger partial charge is 0.343 e. The predicted octanol–water partition coefficient (Wildman–Crippen LogP) is 4.14. The summed E-state index contributed by atoms with van der Waals surface area (Å²) in [7, 11) is 0. The monoisotopic (exact) mass is 363 g/mol. The number of nitrogens with one attached hydrogen (secondary N) is 2. The second-order valence-electron chi connectivity index (χ2n) is 4.90. The summed E-state index contributed by atoms with van der Waals surface area (Å²) < 4.78 is 74.7. The van der Waals surface area contributed by atoms with E-state index in [1.54, 1.807) is 5.32 Å². The maximum Gasteiger partial charge on any atom is 0.416 e. The van der Waals surface area contributed by atoms with Crippen molar-refractivity contribution in [2.75, 3.05) is 11.9 Å². The molecule has 1 aromatic carbocycles. The first kappa shape index (κ1) is 18.6. The van der Waals surface area contributed by atoms with E-state index in [0.29, 0.717) is 0 Å². The van der Waals surface area contributed by atoms with E-state index in [-0.39, 0.29) is 17.1 Å². The third kappa shape index (κ3) is 5.37. The molecule has 25 heavy (non-hydrogen) atoms. The number of anilines is 2. The van der Waals surface area contributed by atoms with Crippen molar-refractivity contribution in [2.45, 2.75) is 12.4 Å². The Hall–Kier alpha value is -2.78. The Labute approximate surface area is 137 Å². The zero-order valence-electron chi connectivity index (χ0n) is 12.4. The molecule has 0 aliphatic rings. The Bertz CT molecular complexity index is 757. The van der Waals surface area contributed by atoms with Crippen LogP contribution in [0, 0.1) is 0 Å².